The standard InChI is InChI=1S/C18H17NO3/c1-19(16(20)14-10-6-3-7-11-14)18(17(21)22)12-15(18)13-8-4-2-5-9-13/h2-11,15H,12H2,1H3,(H,21,22). The van der Waals surface area contributed by atoms with Gasteiger partial charge in [-0.2, -0.15) is 0 Å². The number of amides is 1. The van der Waals surface area contributed by atoms with Gasteiger partial charge in [0.25, 0.3) is 5.91 Å². The number of rotatable bonds is 4. The summed E-state index contributed by atoms with van der Waals surface area (Å²) in [7, 11) is 1.58. The van der Waals surface area contributed by atoms with Gasteiger partial charge in [-0.15, -0.1) is 0 Å². The van der Waals surface area contributed by atoms with E-state index in [0.29, 0.717) is 12.0 Å². The summed E-state index contributed by atoms with van der Waals surface area (Å²) < 4.78 is 0. The van der Waals surface area contributed by atoms with Gasteiger partial charge in [0.1, 0.15) is 5.54 Å². The molecule has 2 aromatic rings. The van der Waals surface area contributed by atoms with E-state index in [4.69, 9.17) is 0 Å². The lowest BCUT2D eigenvalue weighted by atomic mass is 10.0. The van der Waals surface area contributed by atoms with Crippen LogP contribution in [0.25, 0.3) is 0 Å². The summed E-state index contributed by atoms with van der Waals surface area (Å²) in [4.78, 5) is 25.8. The minimum Gasteiger partial charge on any atom is -0.479 e. The first kappa shape index (κ1) is 14.3. The maximum atomic E-state index is 12.6. The van der Waals surface area contributed by atoms with Gasteiger partial charge in [-0.05, 0) is 24.1 Å². The predicted molar refractivity (Wildman–Crippen MR) is 82.7 cm³/mol. The second-order valence-corrected chi connectivity index (χ2v) is 5.63. The number of nitrogens with zero attached hydrogens (tertiary/aromatic N) is 1. The van der Waals surface area contributed by atoms with Crippen molar-refractivity contribution in [2.45, 2.75) is 17.9 Å². The summed E-state index contributed by atoms with van der Waals surface area (Å²) in [6.07, 6.45) is 0.446. The quantitative estimate of drug-likeness (QED) is 0.943. The maximum Gasteiger partial charge on any atom is 0.330 e. The number of aliphatic carboxylic acids is 1. The molecule has 1 aliphatic rings. The molecule has 4 nitrogen and oxygen atoms in total. The number of carbonyl (C=O) groups is 2. The molecule has 4 heteroatoms. The fourth-order valence-corrected chi connectivity index (χ4v) is 3.04. The molecule has 1 fully saturated rings. The zero-order valence-electron chi connectivity index (χ0n) is 12.3. The van der Waals surface area contributed by atoms with Crippen molar-refractivity contribution in [3.63, 3.8) is 0 Å². The predicted octanol–water partition coefficient (Wildman–Crippen LogP) is 2.77. The zero-order valence-corrected chi connectivity index (χ0v) is 12.3. The van der Waals surface area contributed by atoms with E-state index in [1.165, 1.54) is 4.90 Å². The first-order chi connectivity index (χ1) is 10.6. The fraction of sp³-hybridized carbons (Fsp3) is 0.222. The van der Waals surface area contributed by atoms with Gasteiger partial charge < -0.3 is 10.0 Å². The molecule has 0 aliphatic heterocycles. The molecule has 2 atom stereocenters. The molecule has 1 saturated carbocycles. The highest BCUT2D eigenvalue weighted by molar-refractivity contribution is 5.99. The molecular weight excluding hydrogens is 278 g/mol. The number of hydrogen-bond donors (Lipinski definition) is 1. The van der Waals surface area contributed by atoms with Gasteiger partial charge >= 0.3 is 5.97 Å². The van der Waals surface area contributed by atoms with E-state index < -0.39 is 11.5 Å². The van der Waals surface area contributed by atoms with Crippen molar-refractivity contribution < 1.29 is 14.7 Å². The van der Waals surface area contributed by atoms with Crippen molar-refractivity contribution in [3.8, 4) is 0 Å². The van der Waals surface area contributed by atoms with Gasteiger partial charge in [-0.25, -0.2) is 4.79 Å². The third kappa shape index (κ3) is 2.17. The molecular formula is C18H17NO3. The minimum atomic E-state index is -1.14. The first-order valence-electron chi connectivity index (χ1n) is 7.19. The molecule has 1 aliphatic carbocycles. The summed E-state index contributed by atoms with van der Waals surface area (Å²) in [5.74, 6) is -1.38. The molecule has 3 rings (SSSR count). The summed E-state index contributed by atoms with van der Waals surface area (Å²) in [6.45, 7) is 0. The highest BCUT2D eigenvalue weighted by Crippen LogP contribution is 2.55. The second kappa shape index (κ2) is 5.30. The van der Waals surface area contributed by atoms with Crippen molar-refractivity contribution in [1.29, 1.82) is 0 Å². The van der Waals surface area contributed by atoms with Crippen LogP contribution in [0.4, 0.5) is 0 Å². The Balaban J connectivity index is 1.90. The van der Waals surface area contributed by atoms with E-state index >= 15 is 0 Å². The molecule has 22 heavy (non-hydrogen) atoms. The van der Waals surface area contributed by atoms with Gasteiger partial charge in [0.15, 0.2) is 0 Å². The second-order valence-electron chi connectivity index (χ2n) is 5.63. The Bertz CT molecular complexity index is 699. The van der Waals surface area contributed by atoms with Crippen LogP contribution in [0.2, 0.25) is 0 Å². The largest absolute Gasteiger partial charge is 0.479 e. The summed E-state index contributed by atoms with van der Waals surface area (Å²) >= 11 is 0. The lowest BCUT2D eigenvalue weighted by Crippen LogP contribution is -2.46. The third-order valence-electron chi connectivity index (χ3n) is 4.43. The number of hydrogen-bond acceptors (Lipinski definition) is 2. The summed E-state index contributed by atoms with van der Waals surface area (Å²) in [5, 5.41) is 9.71. The van der Waals surface area contributed by atoms with Crippen molar-refractivity contribution in [2.75, 3.05) is 7.05 Å². The Labute approximate surface area is 129 Å². The van der Waals surface area contributed by atoms with Crippen LogP contribution >= 0.6 is 0 Å². The number of likely N-dealkylation sites (N-methyl/N-ethyl adjacent to an activating group) is 1. The molecule has 2 aromatic carbocycles. The van der Waals surface area contributed by atoms with Crippen LogP contribution in [0, 0.1) is 0 Å². The minimum absolute atomic E-state index is 0.163. The van der Waals surface area contributed by atoms with Crippen molar-refractivity contribution >= 4 is 11.9 Å². The number of carbonyl (C=O) groups excluding carboxylic acids is 1. The SMILES string of the molecule is CN(C(=O)c1ccccc1)C1(C(=O)O)CC1c1ccccc1. The van der Waals surface area contributed by atoms with E-state index in [1.54, 1.807) is 31.3 Å². The van der Waals surface area contributed by atoms with E-state index in [0.717, 1.165) is 5.56 Å². The summed E-state index contributed by atoms with van der Waals surface area (Å²) in [6, 6.07) is 18.3. The molecule has 1 amide bonds. The molecule has 1 N–H and O–H groups in total. The van der Waals surface area contributed by atoms with Gasteiger partial charge in [0.2, 0.25) is 0 Å². The molecule has 112 valence electrons. The number of carboxylic acids is 1. The van der Waals surface area contributed by atoms with Crippen molar-refractivity contribution in [1.82, 2.24) is 4.90 Å². The average Bonchev–Trinajstić information content (AvgIpc) is 3.32. The highest BCUT2D eigenvalue weighted by atomic mass is 16.4. The Kier molecular flexibility index (Phi) is 3.45. The van der Waals surface area contributed by atoms with Crippen LogP contribution < -0.4 is 0 Å². The van der Waals surface area contributed by atoms with Crippen LogP contribution in [0.3, 0.4) is 0 Å². The monoisotopic (exact) mass is 295 g/mol. The molecule has 0 radical (unpaired) electrons. The lowest BCUT2D eigenvalue weighted by molar-refractivity contribution is -0.143. The zero-order chi connectivity index (χ0) is 15.7. The van der Waals surface area contributed by atoms with Gasteiger partial charge in [-0.3, -0.25) is 4.79 Å². The number of benzene rings is 2. The van der Waals surface area contributed by atoms with E-state index in [2.05, 4.69) is 0 Å². The van der Waals surface area contributed by atoms with Gasteiger partial charge in [0.05, 0.1) is 0 Å². The van der Waals surface area contributed by atoms with Crippen molar-refractivity contribution in [2.24, 2.45) is 0 Å². The molecule has 0 spiro atoms. The van der Waals surface area contributed by atoms with E-state index in [1.807, 2.05) is 36.4 Å². The molecule has 0 heterocycles. The summed E-state index contributed by atoms with van der Waals surface area (Å²) in [5.41, 5.74) is 0.316. The van der Waals surface area contributed by atoms with E-state index in [-0.39, 0.29) is 11.8 Å². The van der Waals surface area contributed by atoms with Gasteiger partial charge in [-0.1, -0.05) is 48.5 Å². The van der Waals surface area contributed by atoms with Crippen LogP contribution in [-0.2, 0) is 4.79 Å². The Morgan fingerprint density at radius 3 is 2.14 bits per heavy atom. The Morgan fingerprint density at radius 1 is 1.05 bits per heavy atom. The van der Waals surface area contributed by atoms with E-state index in [9.17, 15) is 14.7 Å². The fourth-order valence-electron chi connectivity index (χ4n) is 3.04. The molecule has 0 aromatic heterocycles. The Morgan fingerprint density at radius 2 is 1.59 bits per heavy atom. The van der Waals surface area contributed by atoms with Crippen LogP contribution in [0.5, 0.6) is 0 Å². The molecule has 0 bridgehead atoms. The van der Waals surface area contributed by atoms with Crippen LogP contribution in [-0.4, -0.2) is 34.5 Å². The lowest BCUT2D eigenvalue weighted by Gasteiger charge is -2.26. The normalized spacial score (nSPS) is 22.9. The third-order valence-corrected chi connectivity index (χ3v) is 4.43. The number of carboxylic acid groups (broad SMARTS) is 1. The topological polar surface area (TPSA) is 57.6 Å². The van der Waals surface area contributed by atoms with Crippen molar-refractivity contribution in [3.05, 3.63) is 71.8 Å². The van der Waals surface area contributed by atoms with Gasteiger partial charge in [0, 0.05) is 18.5 Å². The van der Waals surface area contributed by atoms with Crippen LogP contribution in [0.1, 0.15) is 28.3 Å². The molecule has 2 unspecified atom stereocenters. The smallest absolute Gasteiger partial charge is 0.330 e. The maximum absolute atomic E-state index is 12.6. The first-order valence-corrected chi connectivity index (χ1v) is 7.19. The van der Waals surface area contributed by atoms with Crippen LogP contribution in [0.15, 0.2) is 60.7 Å². The molecule has 0 saturated heterocycles. The Hall–Kier alpha value is -2.62. The highest BCUT2D eigenvalue weighted by Gasteiger charge is 2.65. The average molecular weight is 295 g/mol.